The van der Waals surface area contributed by atoms with Crippen LogP contribution in [0.15, 0.2) is 29.9 Å². The van der Waals surface area contributed by atoms with Crippen molar-refractivity contribution in [2.75, 3.05) is 7.11 Å². The third-order valence-electron chi connectivity index (χ3n) is 4.06. The molecule has 9 nitrogen and oxygen atoms in total. The molecule has 3 rings (SSSR count). The highest BCUT2D eigenvalue weighted by Crippen LogP contribution is 2.27. The fraction of sp³-hybridized carbons (Fsp3) is 0.533. The third-order valence-corrected chi connectivity index (χ3v) is 5.46. The molecule has 1 aliphatic rings. The van der Waals surface area contributed by atoms with Crippen LogP contribution < -0.4 is 14.2 Å². The van der Waals surface area contributed by atoms with Gasteiger partial charge in [-0.1, -0.05) is 0 Å². The van der Waals surface area contributed by atoms with Crippen LogP contribution in [-0.4, -0.2) is 47.2 Å². The Balaban J connectivity index is 1.55. The summed E-state index contributed by atoms with van der Waals surface area (Å²) in [4.78, 5) is 12.1. The Labute approximate surface area is 146 Å². The first-order valence-electron chi connectivity index (χ1n) is 8.00. The first kappa shape index (κ1) is 17.6. The molecule has 0 aliphatic heterocycles. The fourth-order valence-electron chi connectivity index (χ4n) is 2.80. The molecule has 10 heteroatoms. The number of aryl methyl sites for hydroxylation is 1. The number of sulfonamides is 1. The Morgan fingerprint density at radius 3 is 2.40 bits per heavy atom. The smallest absolute Gasteiger partial charge is 0.278 e. The second kappa shape index (κ2) is 7.36. The molecule has 0 unspecified atom stereocenters. The van der Waals surface area contributed by atoms with Crippen LogP contribution in [0.4, 0.5) is 0 Å². The SMILES string of the molecule is COc1nccnc1OC1CCC(NS(=O)(=O)c2cn(C)cn2)CC1. The van der Waals surface area contributed by atoms with Gasteiger partial charge >= 0.3 is 0 Å². The standard InChI is InChI=1S/C15H21N5O4S/c1-20-9-13(18-10-20)25(21,22)19-11-3-5-12(6-4-11)24-15-14(23-2)16-7-8-17-15/h7-12,19H,3-6H2,1-2H3. The van der Waals surface area contributed by atoms with Gasteiger partial charge in [0.15, 0.2) is 5.03 Å². The van der Waals surface area contributed by atoms with E-state index in [2.05, 4.69) is 19.7 Å². The van der Waals surface area contributed by atoms with Crippen molar-refractivity contribution in [2.24, 2.45) is 7.05 Å². The Hall–Kier alpha value is -2.20. The van der Waals surface area contributed by atoms with E-state index in [4.69, 9.17) is 9.47 Å². The number of nitrogens with zero attached hydrogens (tertiary/aromatic N) is 4. The topological polar surface area (TPSA) is 108 Å². The van der Waals surface area contributed by atoms with Gasteiger partial charge in [-0.15, -0.1) is 0 Å². The maximum atomic E-state index is 12.3. The van der Waals surface area contributed by atoms with E-state index in [1.165, 1.54) is 25.8 Å². The van der Waals surface area contributed by atoms with Crippen molar-refractivity contribution in [2.45, 2.75) is 42.9 Å². The molecule has 0 saturated heterocycles. The molecular formula is C15H21N5O4S. The molecule has 0 aromatic carbocycles. The Morgan fingerprint density at radius 2 is 1.80 bits per heavy atom. The summed E-state index contributed by atoms with van der Waals surface area (Å²) in [5.74, 6) is 0.711. The lowest BCUT2D eigenvalue weighted by Gasteiger charge is -2.28. The average Bonchev–Trinajstić information content (AvgIpc) is 3.04. The van der Waals surface area contributed by atoms with Crippen LogP contribution in [0.3, 0.4) is 0 Å². The molecule has 1 fully saturated rings. The summed E-state index contributed by atoms with van der Waals surface area (Å²) in [6.45, 7) is 0. The van der Waals surface area contributed by atoms with Gasteiger partial charge in [-0.2, -0.15) is 0 Å². The van der Waals surface area contributed by atoms with Gasteiger partial charge in [0.05, 0.1) is 13.4 Å². The zero-order valence-electron chi connectivity index (χ0n) is 14.1. The van der Waals surface area contributed by atoms with Crippen LogP contribution >= 0.6 is 0 Å². The number of nitrogens with one attached hydrogen (secondary N) is 1. The van der Waals surface area contributed by atoms with E-state index in [0.29, 0.717) is 24.6 Å². The summed E-state index contributed by atoms with van der Waals surface area (Å²) in [6, 6.07) is -0.129. The molecule has 1 N–H and O–H groups in total. The number of rotatable bonds is 6. The van der Waals surface area contributed by atoms with Gasteiger partial charge in [0.25, 0.3) is 21.8 Å². The van der Waals surface area contributed by atoms with Gasteiger partial charge in [0, 0.05) is 31.7 Å². The minimum Gasteiger partial charge on any atom is -0.477 e. The summed E-state index contributed by atoms with van der Waals surface area (Å²) in [5, 5.41) is 0.0395. The van der Waals surface area contributed by atoms with Gasteiger partial charge in [0.1, 0.15) is 6.10 Å². The monoisotopic (exact) mass is 367 g/mol. The second-order valence-corrected chi connectivity index (χ2v) is 7.62. The maximum absolute atomic E-state index is 12.3. The highest BCUT2D eigenvalue weighted by atomic mass is 32.2. The Bertz CT molecular complexity index is 815. The summed E-state index contributed by atoms with van der Waals surface area (Å²) < 4.78 is 39.9. The summed E-state index contributed by atoms with van der Waals surface area (Å²) >= 11 is 0. The number of ether oxygens (including phenoxy) is 2. The molecular weight excluding hydrogens is 346 g/mol. The highest BCUT2D eigenvalue weighted by Gasteiger charge is 2.28. The quantitative estimate of drug-likeness (QED) is 0.807. The molecule has 2 heterocycles. The number of aromatic nitrogens is 4. The molecule has 2 aromatic rings. The van der Waals surface area contributed by atoms with E-state index in [0.717, 1.165) is 12.8 Å². The predicted octanol–water partition coefficient (Wildman–Crippen LogP) is 0.887. The van der Waals surface area contributed by atoms with Crippen molar-refractivity contribution < 1.29 is 17.9 Å². The van der Waals surface area contributed by atoms with E-state index < -0.39 is 10.0 Å². The predicted molar refractivity (Wildman–Crippen MR) is 88.8 cm³/mol. The zero-order chi connectivity index (χ0) is 17.9. The number of methoxy groups -OCH3 is 1. The van der Waals surface area contributed by atoms with Crippen molar-refractivity contribution in [1.29, 1.82) is 0 Å². The normalized spacial score (nSPS) is 21.0. The average molecular weight is 367 g/mol. The summed E-state index contributed by atoms with van der Waals surface area (Å²) in [7, 11) is -0.346. The maximum Gasteiger partial charge on any atom is 0.278 e. The van der Waals surface area contributed by atoms with Crippen LogP contribution in [-0.2, 0) is 17.1 Å². The van der Waals surface area contributed by atoms with Gasteiger partial charge in [-0.3, -0.25) is 0 Å². The fourth-order valence-corrected chi connectivity index (χ4v) is 4.08. The van der Waals surface area contributed by atoms with Crippen molar-refractivity contribution in [3.63, 3.8) is 0 Å². The Morgan fingerprint density at radius 1 is 1.12 bits per heavy atom. The molecule has 1 saturated carbocycles. The first-order chi connectivity index (χ1) is 12.0. The lowest BCUT2D eigenvalue weighted by atomic mass is 9.94. The molecule has 0 bridgehead atoms. The zero-order valence-corrected chi connectivity index (χ0v) is 14.9. The highest BCUT2D eigenvalue weighted by molar-refractivity contribution is 7.89. The van der Waals surface area contributed by atoms with E-state index in [-0.39, 0.29) is 17.2 Å². The Kier molecular flexibility index (Phi) is 5.19. The van der Waals surface area contributed by atoms with Crippen LogP contribution in [0.1, 0.15) is 25.7 Å². The summed E-state index contributed by atoms with van der Waals surface area (Å²) in [6.07, 6.45) is 8.79. The largest absolute Gasteiger partial charge is 0.477 e. The third kappa shape index (κ3) is 4.26. The van der Waals surface area contributed by atoms with Crippen LogP contribution in [0.2, 0.25) is 0 Å². The number of hydrogen-bond acceptors (Lipinski definition) is 7. The van der Waals surface area contributed by atoms with Gasteiger partial charge in [-0.25, -0.2) is 28.1 Å². The van der Waals surface area contributed by atoms with E-state index in [1.807, 2.05) is 0 Å². The molecule has 25 heavy (non-hydrogen) atoms. The molecule has 2 aromatic heterocycles. The molecule has 0 radical (unpaired) electrons. The first-order valence-corrected chi connectivity index (χ1v) is 9.48. The van der Waals surface area contributed by atoms with Gasteiger partial charge in [0.2, 0.25) is 0 Å². The molecule has 0 atom stereocenters. The number of imidazole rings is 1. The van der Waals surface area contributed by atoms with Crippen molar-refractivity contribution in [3.05, 3.63) is 24.9 Å². The van der Waals surface area contributed by atoms with Crippen molar-refractivity contribution in [1.82, 2.24) is 24.2 Å². The van der Waals surface area contributed by atoms with E-state index >= 15 is 0 Å². The lowest BCUT2D eigenvalue weighted by Crippen LogP contribution is -2.39. The minimum atomic E-state index is -3.59. The van der Waals surface area contributed by atoms with Crippen molar-refractivity contribution in [3.8, 4) is 11.8 Å². The molecule has 0 spiro atoms. The lowest BCUT2D eigenvalue weighted by molar-refractivity contribution is 0.132. The van der Waals surface area contributed by atoms with E-state index in [9.17, 15) is 8.42 Å². The molecule has 0 amide bonds. The van der Waals surface area contributed by atoms with Gasteiger partial charge in [-0.05, 0) is 25.7 Å². The van der Waals surface area contributed by atoms with Crippen LogP contribution in [0.5, 0.6) is 11.8 Å². The number of hydrogen-bond donors (Lipinski definition) is 1. The second-order valence-electron chi connectivity index (χ2n) is 5.96. The molecule has 136 valence electrons. The summed E-state index contributed by atoms with van der Waals surface area (Å²) in [5.41, 5.74) is 0. The molecule has 1 aliphatic carbocycles. The van der Waals surface area contributed by atoms with Crippen LogP contribution in [0.25, 0.3) is 0 Å². The van der Waals surface area contributed by atoms with Crippen LogP contribution in [0, 0.1) is 0 Å². The van der Waals surface area contributed by atoms with Gasteiger partial charge < -0.3 is 14.0 Å². The van der Waals surface area contributed by atoms with Crippen molar-refractivity contribution >= 4 is 10.0 Å². The van der Waals surface area contributed by atoms with E-state index in [1.54, 1.807) is 17.8 Å². The minimum absolute atomic E-state index is 0.0395.